The number of anilines is 1. The summed E-state index contributed by atoms with van der Waals surface area (Å²) in [6, 6.07) is 12.0. The Labute approximate surface area is 147 Å². The van der Waals surface area contributed by atoms with E-state index in [0.29, 0.717) is 5.56 Å². The lowest BCUT2D eigenvalue weighted by Gasteiger charge is -2.12. The minimum absolute atomic E-state index is 0.0589. The van der Waals surface area contributed by atoms with E-state index in [4.69, 9.17) is 0 Å². The number of rotatable bonds is 7. The molecule has 3 N–H and O–H groups in total. The van der Waals surface area contributed by atoms with Crippen LogP contribution in [0.5, 0.6) is 0 Å². The summed E-state index contributed by atoms with van der Waals surface area (Å²) in [6.07, 6.45) is 5.51. The Kier molecular flexibility index (Phi) is 5.33. The van der Waals surface area contributed by atoms with Crippen molar-refractivity contribution in [2.75, 3.05) is 11.9 Å². The third-order valence-corrected chi connectivity index (χ3v) is 4.39. The number of H-pyrrole nitrogens is 1. The zero-order chi connectivity index (χ0) is 17.6. The van der Waals surface area contributed by atoms with E-state index in [-0.39, 0.29) is 11.9 Å². The second kappa shape index (κ2) is 7.83. The first kappa shape index (κ1) is 17.0. The van der Waals surface area contributed by atoms with Gasteiger partial charge in [0.15, 0.2) is 0 Å². The molecular formula is C20H24N4O. The van der Waals surface area contributed by atoms with Crippen LogP contribution in [-0.2, 0) is 6.42 Å². The van der Waals surface area contributed by atoms with Crippen LogP contribution in [0.3, 0.4) is 0 Å². The first-order valence-electron chi connectivity index (χ1n) is 8.73. The molecule has 1 atom stereocenters. The van der Waals surface area contributed by atoms with Crippen molar-refractivity contribution in [2.45, 2.75) is 32.7 Å². The normalized spacial score (nSPS) is 12.1. The highest BCUT2D eigenvalue weighted by atomic mass is 16.1. The fourth-order valence-corrected chi connectivity index (χ4v) is 2.74. The maximum Gasteiger partial charge on any atom is 0.251 e. The van der Waals surface area contributed by atoms with Crippen molar-refractivity contribution < 1.29 is 4.79 Å². The van der Waals surface area contributed by atoms with Gasteiger partial charge in [-0.1, -0.05) is 25.1 Å². The third-order valence-electron chi connectivity index (χ3n) is 4.39. The highest BCUT2D eigenvalue weighted by molar-refractivity contribution is 5.95. The maximum atomic E-state index is 12.2. The lowest BCUT2D eigenvalue weighted by molar-refractivity contribution is 0.0939. The highest BCUT2D eigenvalue weighted by Crippen LogP contribution is 2.18. The van der Waals surface area contributed by atoms with E-state index in [1.165, 1.54) is 10.9 Å². The van der Waals surface area contributed by atoms with Crippen molar-refractivity contribution in [3.05, 3.63) is 59.9 Å². The Morgan fingerprint density at radius 2 is 2.12 bits per heavy atom. The smallest absolute Gasteiger partial charge is 0.251 e. The minimum Gasteiger partial charge on any atom is -0.370 e. The topological polar surface area (TPSA) is 69.8 Å². The number of carbonyl (C=O) groups excluding carboxylic acids is 1. The average molecular weight is 336 g/mol. The summed E-state index contributed by atoms with van der Waals surface area (Å²) >= 11 is 0. The Morgan fingerprint density at radius 1 is 1.28 bits per heavy atom. The zero-order valence-corrected chi connectivity index (χ0v) is 14.7. The standard InChI is InChI=1S/C20H24N4O/c1-3-14(2)24-20(25)15-8-10-21-19(12-15)22-11-9-16-13-23-18-7-5-4-6-17(16)18/h4-8,10,12-14,23H,3,9,11H2,1-2H3,(H,21,22)(H,24,25). The third kappa shape index (κ3) is 4.18. The quantitative estimate of drug-likeness (QED) is 0.615. The molecule has 130 valence electrons. The summed E-state index contributed by atoms with van der Waals surface area (Å²) < 4.78 is 0. The van der Waals surface area contributed by atoms with Gasteiger partial charge in [-0.2, -0.15) is 0 Å². The van der Waals surface area contributed by atoms with Gasteiger partial charge in [0.1, 0.15) is 5.82 Å². The van der Waals surface area contributed by atoms with E-state index < -0.39 is 0 Å². The van der Waals surface area contributed by atoms with Crippen molar-refractivity contribution in [1.82, 2.24) is 15.3 Å². The number of benzene rings is 1. The van der Waals surface area contributed by atoms with Crippen molar-refractivity contribution in [1.29, 1.82) is 0 Å². The Morgan fingerprint density at radius 3 is 2.96 bits per heavy atom. The fraction of sp³-hybridized carbons (Fsp3) is 0.300. The van der Waals surface area contributed by atoms with E-state index >= 15 is 0 Å². The minimum atomic E-state index is -0.0589. The van der Waals surface area contributed by atoms with E-state index in [1.807, 2.05) is 19.1 Å². The van der Waals surface area contributed by atoms with Gasteiger partial charge in [-0.3, -0.25) is 4.79 Å². The van der Waals surface area contributed by atoms with Gasteiger partial charge >= 0.3 is 0 Å². The first-order valence-corrected chi connectivity index (χ1v) is 8.73. The monoisotopic (exact) mass is 336 g/mol. The van der Waals surface area contributed by atoms with Crippen LogP contribution in [0.4, 0.5) is 5.82 Å². The Hall–Kier alpha value is -2.82. The molecule has 1 unspecified atom stereocenters. The van der Waals surface area contributed by atoms with Gasteiger partial charge in [-0.25, -0.2) is 4.98 Å². The van der Waals surface area contributed by atoms with Crippen molar-refractivity contribution in [3.8, 4) is 0 Å². The predicted octanol–water partition coefficient (Wildman–Crippen LogP) is 3.75. The molecule has 0 bridgehead atoms. The number of hydrogen-bond acceptors (Lipinski definition) is 3. The summed E-state index contributed by atoms with van der Waals surface area (Å²) in [5.41, 5.74) is 3.05. The van der Waals surface area contributed by atoms with Gasteiger partial charge < -0.3 is 15.6 Å². The molecule has 5 heteroatoms. The van der Waals surface area contributed by atoms with Gasteiger partial charge in [0.25, 0.3) is 5.91 Å². The molecule has 25 heavy (non-hydrogen) atoms. The zero-order valence-electron chi connectivity index (χ0n) is 14.7. The second-order valence-electron chi connectivity index (χ2n) is 6.25. The van der Waals surface area contributed by atoms with Gasteiger partial charge in [0, 0.05) is 41.4 Å². The molecule has 0 aliphatic heterocycles. The molecule has 0 fully saturated rings. The number of pyridine rings is 1. The van der Waals surface area contributed by atoms with Gasteiger partial charge in [-0.15, -0.1) is 0 Å². The van der Waals surface area contributed by atoms with Crippen LogP contribution < -0.4 is 10.6 Å². The van der Waals surface area contributed by atoms with Crippen molar-refractivity contribution in [2.24, 2.45) is 0 Å². The molecule has 3 rings (SSSR count). The Balaban J connectivity index is 1.60. The number of hydrogen-bond donors (Lipinski definition) is 3. The molecule has 1 aromatic carbocycles. The summed E-state index contributed by atoms with van der Waals surface area (Å²) in [6.45, 7) is 4.81. The van der Waals surface area contributed by atoms with Crippen LogP contribution in [0.1, 0.15) is 36.2 Å². The van der Waals surface area contributed by atoms with Crippen LogP contribution in [0.15, 0.2) is 48.8 Å². The SMILES string of the molecule is CCC(C)NC(=O)c1ccnc(NCCc2c[nH]c3ccccc23)c1. The molecule has 0 saturated heterocycles. The lowest BCUT2D eigenvalue weighted by atomic mass is 10.1. The summed E-state index contributed by atoms with van der Waals surface area (Å²) in [5, 5.41) is 7.53. The maximum absolute atomic E-state index is 12.2. The summed E-state index contributed by atoms with van der Waals surface area (Å²) in [7, 11) is 0. The molecule has 1 amide bonds. The van der Waals surface area contributed by atoms with E-state index in [1.54, 1.807) is 18.3 Å². The van der Waals surface area contributed by atoms with Crippen LogP contribution in [-0.4, -0.2) is 28.5 Å². The van der Waals surface area contributed by atoms with Crippen LogP contribution in [0, 0.1) is 0 Å². The molecule has 3 aromatic rings. The molecule has 0 saturated carbocycles. The fourth-order valence-electron chi connectivity index (χ4n) is 2.74. The van der Waals surface area contributed by atoms with Gasteiger partial charge in [0.05, 0.1) is 0 Å². The average Bonchev–Trinajstić information content (AvgIpc) is 3.05. The molecule has 0 aliphatic carbocycles. The Bertz CT molecular complexity index is 856. The van der Waals surface area contributed by atoms with Crippen molar-refractivity contribution >= 4 is 22.6 Å². The number of nitrogens with one attached hydrogen (secondary N) is 3. The summed E-state index contributed by atoms with van der Waals surface area (Å²) in [4.78, 5) is 19.8. The largest absolute Gasteiger partial charge is 0.370 e. The van der Waals surface area contributed by atoms with E-state index in [9.17, 15) is 4.79 Å². The molecule has 0 radical (unpaired) electrons. The second-order valence-corrected chi connectivity index (χ2v) is 6.25. The molecule has 0 spiro atoms. The number of amides is 1. The predicted molar refractivity (Wildman–Crippen MR) is 102 cm³/mol. The van der Waals surface area contributed by atoms with Crippen LogP contribution in [0.2, 0.25) is 0 Å². The van der Waals surface area contributed by atoms with Crippen LogP contribution >= 0.6 is 0 Å². The highest BCUT2D eigenvalue weighted by Gasteiger charge is 2.09. The molecule has 2 heterocycles. The molecule has 5 nitrogen and oxygen atoms in total. The summed E-state index contributed by atoms with van der Waals surface area (Å²) in [5.74, 6) is 0.660. The lowest BCUT2D eigenvalue weighted by Crippen LogP contribution is -2.31. The molecule has 0 aliphatic rings. The van der Waals surface area contributed by atoms with Crippen molar-refractivity contribution in [3.63, 3.8) is 0 Å². The number of nitrogens with zero attached hydrogens (tertiary/aromatic N) is 1. The van der Waals surface area contributed by atoms with E-state index in [2.05, 4.69) is 45.9 Å². The number of fused-ring (bicyclic) bond motifs is 1. The van der Waals surface area contributed by atoms with Crippen LogP contribution in [0.25, 0.3) is 10.9 Å². The molecule has 2 aromatic heterocycles. The molecular weight excluding hydrogens is 312 g/mol. The number of aromatic amines is 1. The number of para-hydroxylation sites is 1. The van der Waals surface area contributed by atoms with Gasteiger partial charge in [0.2, 0.25) is 0 Å². The van der Waals surface area contributed by atoms with Gasteiger partial charge in [-0.05, 0) is 43.5 Å². The number of carbonyl (C=O) groups is 1. The number of aromatic nitrogens is 2. The first-order chi connectivity index (χ1) is 12.2. The van der Waals surface area contributed by atoms with E-state index in [0.717, 1.165) is 30.7 Å².